The lowest BCUT2D eigenvalue weighted by Crippen LogP contribution is -2.33. The van der Waals surface area contributed by atoms with E-state index in [-0.39, 0.29) is 12.1 Å². The zero-order chi connectivity index (χ0) is 19.5. The number of thiocarbonyl (C=S) groups is 1. The molecule has 0 amide bonds. The number of pyridine rings is 2. The van der Waals surface area contributed by atoms with Crippen LogP contribution in [0.3, 0.4) is 0 Å². The van der Waals surface area contributed by atoms with Gasteiger partial charge in [-0.05, 0) is 55.0 Å². The maximum atomic E-state index is 5.67. The van der Waals surface area contributed by atoms with Crippen molar-refractivity contribution in [3.63, 3.8) is 0 Å². The Balaban J connectivity index is 1.78. The molecule has 4 rings (SSSR count). The molecule has 2 atom stereocenters. The van der Waals surface area contributed by atoms with Gasteiger partial charge in [0.15, 0.2) is 5.11 Å². The first-order valence-corrected chi connectivity index (χ1v) is 9.67. The maximum absolute atomic E-state index is 5.67. The molecule has 6 nitrogen and oxygen atoms in total. The van der Waals surface area contributed by atoms with E-state index < -0.39 is 0 Å². The molecule has 3 aromatic rings. The van der Waals surface area contributed by atoms with Gasteiger partial charge in [0.1, 0.15) is 5.82 Å². The molecule has 0 aromatic carbocycles. The standard InChI is InChI=1S/C21H23N5OS/c1-15-8-9-18(23-14-15)25-11-5-7-17(25)20-19(16-6-3-4-10-22-16)24-21(28)26(20)12-13-27-2/h3-11,14,19-20H,12-13H2,1-2H3,(H,24,28)/t19-,20+/m1/s1. The second kappa shape index (κ2) is 8.08. The second-order valence-electron chi connectivity index (χ2n) is 6.81. The summed E-state index contributed by atoms with van der Waals surface area (Å²) in [4.78, 5) is 11.4. The molecule has 0 bridgehead atoms. The number of rotatable bonds is 6. The summed E-state index contributed by atoms with van der Waals surface area (Å²) in [5.74, 6) is 0.884. The average Bonchev–Trinajstić information content (AvgIpc) is 3.32. The van der Waals surface area contributed by atoms with Crippen LogP contribution in [-0.4, -0.2) is 44.8 Å². The quantitative estimate of drug-likeness (QED) is 0.649. The molecule has 1 saturated heterocycles. The summed E-state index contributed by atoms with van der Waals surface area (Å²) in [7, 11) is 1.71. The molecule has 28 heavy (non-hydrogen) atoms. The Morgan fingerprint density at radius 2 is 2.04 bits per heavy atom. The number of nitrogens with one attached hydrogen (secondary N) is 1. The fraction of sp³-hybridized carbons (Fsp3) is 0.286. The van der Waals surface area contributed by atoms with E-state index in [0.29, 0.717) is 18.3 Å². The fourth-order valence-corrected chi connectivity index (χ4v) is 3.94. The Labute approximate surface area is 170 Å². The highest BCUT2D eigenvalue weighted by molar-refractivity contribution is 7.80. The van der Waals surface area contributed by atoms with Crippen molar-refractivity contribution in [2.75, 3.05) is 20.3 Å². The van der Waals surface area contributed by atoms with Crippen molar-refractivity contribution in [3.8, 4) is 5.82 Å². The monoisotopic (exact) mass is 393 g/mol. The fourth-order valence-electron chi connectivity index (χ4n) is 3.60. The van der Waals surface area contributed by atoms with Gasteiger partial charge < -0.3 is 19.5 Å². The Morgan fingerprint density at radius 1 is 1.14 bits per heavy atom. The van der Waals surface area contributed by atoms with Crippen LogP contribution in [0.4, 0.5) is 0 Å². The highest BCUT2D eigenvalue weighted by Gasteiger charge is 2.41. The third-order valence-corrected chi connectivity index (χ3v) is 5.31. The molecule has 0 aliphatic carbocycles. The van der Waals surface area contributed by atoms with Crippen LogP contribution in [0.2, 0.25) is 0 Å². The summed E-state index contributed by atoms with van der Waals surface area (Å²) in [6, 6.07) is 14.2. The van der Waals surface area contributed by atoms with E-state index in [4.69, 9.17) is 17.0 Å². The van der Waals surface area contributed by atoms with Crippen LogP contribution in [0.5, 0.6) is 0 Å². The molecule has 7 heteroatoms. The largest absolute Gasteiger partial charge is 0.383 e. The zero-order valence-corrected chi connectivity index (χ0v) is 16.8. The van der Waals surface area contributed by atoms with Gasteiger partial charge >= 0.3 is 0 Å². The number of hydrogen-bond acceptors (Lipinski definition) is 4. The third-order valence-electron chi connectivity index (χ3n) is 4.96. The summed E-state index contributed by atoms with van der Waals surface area (Å²) in [6.07, 6.45) is 5.74. The lowest BCUT2D eigenvalue weighted by atomic mass is 10.0. The van der Waals surface area contributed by atoms with E-state index in [1.54, 1.807) is 7.11 Å². The Bertz CT molecular complexity index is 941. The number of ether oxygens (including phenoxy) is 1. The maximum Gasteiger partial charge on any atom is 0.170 e. The van der Waals surface area contributed by atoms with Gasteiger partial charge in [0.05, 0.1) is 24.4 Å². The Morgan fingerprint density at radius 3 is 2.75 bits per heavy atom. The molecular formula is C21H23N5OS. The summed E-state index contributed by atoms with van der Waals surface area (Å²) < 4.78 is 7.44. The van der Waals surface area contributed by atoms with E-state index >= 15 is 0 Å². The zero-order valence-electron chi connectivity index (χ0n) is 15.9. The highest BCUT2D eigenvalue weighted by atomic mass is 32.1. The number of nitrogens with zero attached hydrogens (tertiary/aromatic N) is 4. The van der Waals surface area contributed by atoms with E-state index in [2.05, 4.69) is 36.9 Å². The van der Waals surface area contributed by atoms with Crippen molar-refractivity contribution in [1.82, 2.24) is 24.8 Å². The van der Waals surface area contributed by atoms with Crippen LogP contribution in [0, 0.1) is 6.92 Å². The van der Waals surface area contributed by atoms with Gasteiger partial charge in [-0.15, -0.1) is 0 Å². The van der Waals surface area contributed by atoms with Crippen LogP contribution in [-0.2, 0) is 4.74 Å². The molecule has 1 aliphatic heterocycles. The summed E-state index contributed by atoms with van der Waals surface area (Å²) in [5.41, 5.74) is 3.20. The van der Waals surface area contributed by atoms with Crippen molar-refractivity contribution in [1.29, 1.82) is 0 Å². The van der Waals surface area contributed by atoms with Crippen molar-refractivity contribution >= 4 is 17.3 Å². The summed E-state index contributed by atoms with van der Waals surface area (Å²) in [6.45, 7) is 3.33. The van der Waals surface area contributed by atoms with Crippen LogP contribution >= 0.6 is 12.2 Å². The van der Waals surface area contributed by atoms with Gasteiger partial charge in [0.25, 0.3) is 0 Å². The molecule has 1 aliphatic rings. The number of aromatic nitrogens is 3. The predicted octanol–water partition coefficient (Wildman–Crippen LogP) is 3.19. The van der Waals surface area contributed by atoms with Crippen LogP contribution in [0.25, 0.3) is 5.82 Å². The lowest BCUT2D eigenvalue weighted by molar-refractivity contribution is 0.163. The highest BCUT2D eigenvalue weighted by Crippen LogP contribution is 2.39. The normalized spacial score (nSPS) is 19.1. The van der Waals surface area contributed by atoms with Crippen molar-refractivity contribution in [2.24, 2.45) is 0 Å². The lowest BCUT2D eigenvalue weighted by Gasteiger charge is -2.28. The smallest absolute Gasteiger partial charge is 0.170 e. The first-order chi connectivity index (χ1) is 13.7. The van der Waals surface area contributed by atoms with Crippen molar-refractivity contribution < 1.29 is 4.74 Å². The van der Waals surface area contributed by atoms with Crippen molar-refractivity contribution in [3.05, 3.63) is 78.0 Å². The molecule has 0 spiro atoms. The molecule has 144 valence electrons. The minimum absolute atomic E-state index is 0.0179. The molecular weight excluding hydrogens is 370 g/mol. The average molecular weight is 394 g/mol. The minimum atomic E-state index is -0.0512. The molecule has 1 N–H and O–H groups in total. The summed E-state index contributed by atoms with van der Waals surface area (Å²) >= 11 is 5.67. The van der Waals surface area contributed by atoms with Gasteiger partial charge in [0, 0.05) is 37.9 Å². The Kier molecular flexibility index (Phi) is 5.36. The topological polar surface area (TPSA) is 55.2 Å². The predicted molar refractivity (Wildman–Crippen MR) is 112 cm³/mol. The third kappa shape index (κ3) is 3.50. The second-order valence-corrected chi connectivity index (χ2v) is 7.20. The van der Waals surface area contributed by atoms with E-state index in [9.17, 15) is 0 Å². The molecule has 4 heterocycles. The van der Waals surface area contributed by atoms with Crippen LogP contribution in [0.15, 0.2) is 61.1 Å². The molecule has 0 saturated carbocycles. The van der Waals surface area contributed by atoms with Gasteiger partial charge in [-0.3, -0.25) is 4.98 Å². The van der Waals surface area contributed by atoms with Gasteiger partial charge in [-0.2, -0.15) is 0 Å². The molecule has 1 fully saturated rings. The molecule has 0 radical (unpaired) electrons. The van der Waals surface area contributed by atoms with E-state index in [0.717, 1.165) is 22.8 Å². The number of aryl methyl sites for hydroxylation is 1. The van der Waals surface area contributed by atoms with E-state index in [1.165, 1.54) is 0 Å². The first-order valence-electron chi connectivity index (χ1n) is 9.26. The Hall–Kier alpha value is -2.77. The first kappa shape index (κ1) is 18.6. The molecule has 0 unspecified atom stereocenters. The van der Waals surface area contributed by atoms with Gasteiger partial charge in [-0.1, -0.05) is 12.1 Å². The minimum Gasteiger partial charge on any atom is -0.383 e. The van der Waals surface area contributed by atoms with Crippen LogP contribution < -0.4 is 5.32 Å². The van der Waals surface area contributed by atoms with E-state index in [1.807, 2.05) is 55.8 Å². The van der Waals surface area contributed by atoms with Crippen LogP contribution in [0.1, 0.15) is 29.0 Å². The SMILES string of the molecule is COCCN1C(=S)N[C@H](c2ccccn2)[C@@H]1c1cccn1-c1ccc(C)cn1. The number of methoxy groups -OCH3 is 1. The molecule has 3 aromatic heterocycles. The van der Waals surface area contributed by atoms with Gasteiger partial charge in [0.2, 0.25) is 0 Å². The summed E-state index contributed by atoms with van der Waals surface area (Å²) in [5, 5.41) is 4.17. The van der Waals surface area contributed by atoms with Gasteiger partial charge in [-0.25, -0.2) is 4.98 Å². The van der Waals surface area contributed by atoms with Crippen molar-refractivity contribution in [2.45, 2.75) is 19.0 Å². The number of hydrogen-bond donors (Lipinski definition) is 1.